The Morgan fingerprint density at radius 3 is 2.83 bits per heavy atom. The van der Waals surface area contributed by atoms with Crippen LogP contribution in [0.2, 0.25) is 5.02 Å². The number of carbonyl (C=O) groups is 1. The summed E-state index contributed by atoms with van der Waals surface area (Å²) in [6, 6.07) is 12.4. The number of aromatic nitrogens is 1. The van der Waals surface area contributed by atoms with Crippen LogP contribution in [-0.2, 0) is 6.42 Å². The molecule has 1 aromatic heterocycles. The third-order valence-corrected chi connectivity index (χ3v) is 5.41. The fourth-order valence-electron chi connectivity index (χ4n) is 3.62. The Balaban J connectivity index is 1.56. The molecule has 29 heavy (non-hydrogen) atoms. The van der Waals surface area contributed by atoms with Crippen molar-refractivity contribution < 1.29 is 14.3 Å². The Morgan fingerprint density at radius 2 is 2.03 bits per heavy atom. The summed E-state index contributed by atoms with van der Waals surface area (Å²) < 4.78 is 13.8. The number of nitrogens with one attached hydrogen (secondary N) is 2. The molecule has 0 radical (unpaired) electrons. The molecule has 7 heteroatoms. The quantitative estimate of drug-likeness (QED) is 0.574. The second-order valence-corrected chi connectivity index (χ2v) is 7.31. The highest BCUT2D eigenvalue weighted by molar-refractivity contribution is 6.30. The molecule has 0 bridgehead atoms. The number of hydrogen-bond acceptors (Lipinski definition) is 4. The minimum absolute atomic E-state index is 0.0246. The van der Waals surface area contributed by atoms with Crippen molar-refractivity contribution >= 4 is 23.3 Å². The van der Waals surface area contributed by atoms with E-state index in [2.05, 4.69) is 21.7 Å². The van der Waals surface area contributed by atoms with Gasteiger partial charge in [-0.25, -0.2) is 9.18 Å². The summed E-state index contributed by atoms with van der Waals surface area (Å²) in [6.45, 7) is 1.32. The van der Waals surface area contributed by atoms with Crippen LogP contribution in [0.1, 0.15) is 27.5 Å². The Hall–Kier alpha value is -2.96. The number of carboxylic acid groups (broad SMARTS) is 1. The third kappa shape index (κ3) is 4.09. The second kappa shape index (κ2) is 8.19. The maximum atomic E-state index is 13.8. The number of pyridine rings is 1. The van der Waals surface area contributed by atoms with Crippen LogP contribution >= 0.6 is 11.6 Å². The smallest absolute Gasteiger partial charge is 0.337 e. The molecular weight excluding hydrogens is 393 g/mol. The minimum Gasteiger partial charge on any atom is -0.478 e. The lowest BCUT2D eigenvalue weighted by Gasteiger charge is -2.28. The van der Waals surface area contributed by atoms with Gasteiger partial charge in [0.05, 0.1) is 22.5 Å². The van der Waals surface area contributed by atoms with Gasteiger partial charge in [-0.1, -0.05) is 35.9 Å². The fraction of sp³-hybridized carbons (Fsp3) is 0.182. The summed E-state index contributed by atoms with van der Waals surface area (Å²) in [5, 5.41) is 16.1. The maximum absolute atomic E-state index is 13.8. The number of benzene rings is 2. The molecule has 3 aromatic rings. The Bertz CT molecular complexity index is 1070. The molecule has 2 heterocycles. The molecule has 2 aromatic carbocycles. The van der Waals surface area contributed by atoms with E-state index < -0.39 is 11.8 Å². The molecule has 0 fully saturated rings. The normalized spacial score (nSPS) is 15.6. The van der Waals surface area contributed by atoms with Crippen LogP contribution in [0.25, 0.3) is 11.1 Å². The van der Waals surface area contributed by atoms with Gasteiger partial charge in [-0.05, 0) is 53.4 Å². The van der Waals surface area contributed by atoms with E-state index in [1.807, 2.05) is 18.2 Å². The number of nitrogens with zero attached hydrogens (tertiary/aromatic N) is 1. The molecule has 1 aliphatic rings. The van der Waals surface area contributed by atoms with Crippen molar-refractivity contribution in [3.05, 3.63) is 82.4 Å². The molecule has 0 aliphatic carbocycles. The van der Waals surface area contributed by atoms with Gasteiger partial charge in [-0.2, -0.15) is 0 Å². The molecule has 5 nitrogen and oxygen atoms in total. The molecule has 148 valence electrons. The predicted molar refractivity (Wildman–Crippen MR) is 111 cm³/mol. The maximum Gasteiger partial charge on any atom is 0.337 e. The van der Waals surface area contributed by atoms with E-state index >= 15 is 0 Å². The molecular formula is C22H19ClFN3O2. The van der Waals surface area contributed by atoms with Gasteiger partial charge in [0.15, 0.2) is 0 Å². The van der Waals surface area contributed by atoms with Gasteiger partial charge in [-0.15, -0.1) is 0 Å². The molecule has 4 rings (SSSR count). The van der Waals surface area contributed by atoms with Crippen LogP contribution in [0.5, 0.6) is 0 Å². The number of carboxylic acids is 1. The number of hydrogen-bond donors (Lipinski definition) is 3. The number of halogens is 2. The van der Waals surface area contributed by atoms with Crippen LogP contribution in [-0.4, -0.2) is 29.1 Å². The highest BCUT2D eigenvalue weighted by Crippen LogP contribution is 2.30. The van der Waals surface area contributed by atoms with Crippen molar-refractivity contribution in [2.75, 3.05) is 18.4 Å². The number of fused-ring (bicyclic) bond motifs is 1. The van der Waals surface area contributed by atoms with Crippen molar-refractivity contribution in [2.45, 2.75) is 12.5 Å². The Kier molecular flexibility index (Phi) is 5.47. The zero-order chi connectivity index (χ0) is 20.4. The lowest BCUT2D eigenvalue weighted by Crippen LogP contribution is -2.34. The summed E-state index contributed by atoms with van der Waals surface area (Å²) in [5.41, 5.74) is 4.73. The monoisotopic (exact) mass is 411 g/mol. The van der Waals surface area contributed by atoms with E-state index in [4.69, 9.17) is 11.6 Å². The van der Waals surface area contributed by atoms with Crippen molar-refractivity contribution in [1.29, 1.82) is 0 Å². The molecule has 3 N–H and O–H groups in total. The minimum atomic E-state index is -0.994. The van der Waals surface area contributed by atoms with E-state index in [9.17, 15) is 14.3 Å². The molecule has 0 saturated carbocycles. The van der Waals surface area contributed by atoms with Crippen molar-refractivity contribution in [2.24, 2.45) is 0 Å². The van der Waals surface area contributed by atoms with Gasteiger partial charge >= 0.3 is 5.97 Å². The summed E-state index contributed by atoms with van der Waals surface area (Å²) in [7, 11) is 0. The van der Waals surface area contributed by atoms with Gasteiger partial charge in [0.1, 0.15) is 5.82 Å². The summed E-state index contributed by atoms with van der Waals surface area (Å²) in [5.74, 6) is -1.43. The summed E-state index contributed by atoms with van der Waals surface area (Å²) >= 11 is 5.79. The molecule has 0 saturated heterocycles. The first kappa shape index (κ1) is 19.4. The van der Waals surface area contributed by atoms with E-state index in [1.165, 1.54) is 30.1 Å². The highest BCUT2D eigenvalue weighted by atomic mass is 35.5. The van der Waals surface area contributed by atoms with Crippen LogP contribution in [0.15, 0.2) is 54.9 Å². The lowest BCUT2D eigenvalue weighted by atomic mass is 9.90. The van der Waals surface area contributed by atoms with E-state index in [1.54, 1.807) is 6.07 Å². The van der Waals surface area contributed by atoms with Gasteiger partial charge in [0, 0.05) is 18.8 Å². The zero-order valence-electron chi connectivity index (χ0n) is 15.5. The van der Waals surface area contributed by atoms with Crippen LogP contribution in [0.3, 0.4) is 0 Å². The fourth-order valence-corrected chi connectivity index (χ4v) is 3.74. The van der Waals surface area contributed by atoms with Gasteiger partial charge in [0.2, 0.25) is 0 Å². The standard InChI is InChI=1S/C22H19ClFN3O2/c23-18-4-2-14(10-19(18)24)13-1-3-16-15(9-13)5-8-26-21(16)12-27-20-11-25-7-6-17(20)22(28)29/h1-4,6-7,9-11,21,26-27H,5,8,12H2,(H,28,29). The van der Waals surface area contributed by atoms with Crippen LogP contribution in [0, 0.1) is 5.82 Å². The van der Waals surface area contributed by atoms with Crippen molar-refractivity contribution in [1.82, 2.24) is 10.3 Å². The SMILES string of the molecule is O=C(O)c1ccncc1NCC1NCCc2cc(-c3ccc(Cl)c(F)c3)ccc21. The molecule has 0 spiro atoms. The number of aromatic carboxylic acids is 1. The van der Waals surface area contributed by atoms with Crippen molar-refractivity contribution in [3.8, 4) is 11.1 Å². The van der Waals surface area contributed by atoms with Gasteiger partial charge in [0.25, 0.3) is 0 Å². The number of anilines is 1. The summed E-state index contributed by atoms with van der Waals surface area (Å²) in [6.07, 6.45) is 3.85. The molecule has 1 aliphatic heterocycles. The third-order valence-electron chi connectivity index (χ3n) is 5.10. The summed E-state index contributed by atoms with van der Waals surface area (Å²) in [4.78, 5) is 15.4. The number of rotatable bonds is 5. The van der Waals surface area contributed by atoms with E-state index in [0.717, 1.165) is 29.7 Å². The largest absolute Gasteiger partial charge is 0.478 e. The Labute approximate surface area is 172 Å². The zero-order valence-corrected chi connectivity index (χ0v) is 16.2. The van der Waals surface area contributed by atoms with Gasteiger partial charge in [-0.3, -0.25) is 4.98 Å². The first-order chi connectivity index (χ1) is 14.0. The molecule has 0 amide bonds. The van der Waals surface area contributed by atoms with Gasteiger partial charge < -0.3 is 15.7 Å². The molecule has 1 unspecified atom stereocenters. The Morgan fingerprint density at radius 1 is 1.24 bits per heavy atom. The first-order valence-electron chi connectivity index (χ1n) is 9.26. The van der Waals surface area contributed by atoms with Crippen LogP contribution < -0.4 is 10.6 Å². The lowest BCUT2D eigenvalue weighted by molar-refractivity contribution is 0.0697. The topological polar surface area (TPSA) is 74.2 Å². The van der Waals surface area contributed by atoms with Crippen LogP contribution in [0.4, 0.5) is 10.1 Å². The second-order valence-electron chi connectivity index (χ2n) is 6.91. The van der Waals surface area contributed by atoms with Crippen molar-refractivity contribution in [3.63, 3.8) is 0 Å². The highest BCUT2D eigenvalue weighted by Gasteiger charge is 2.21. The average Bonchev–Trinajstić information content (AvgIpc) is 2.74. The average molecular weight is 412 g/mol. The van der Waals surface area contributed by atoms with E-state index in [0.29, 0.717) is 12.2 Å². The van der Waals surface area contributed by atoms with E-state index in [-0.39, 0.29) is 16.6 Å². The molecule has 1 atom stereocenters. The predicted octanol–water partition coefficient (Wildman–Crippen LogP) is 4.54. The first-order valence-corrected chi connectivity index (χ1v) is 9.63.